The summed E-state index contributed by atoms with van der Waals surface area (Å²) in [6.45, 7) is 8.47. The Morgan fingerprint density at radius 1 is 0.590 bits per heavy atom. The number of rotatable bonds is 3. The van der Waals surface area contributed by atoms with Gasteiger partial charge in [0.2, 0.25) is 0 Å². The molecule has 0 unspecified atom stereocenters. The van der Waals surface area contributed by atoms with Gasteiger partial charge in [0.15, 0.2) is 0 Å². The largest absolute Gasteiger partial charge is 0.494 e. The molecule has 4 aliphatic rings. The van der Waals surface area contributed by atoms with Crippen molar-refractivity contribution in [3.8, 4) is 11.1 Å². The lowest BCUT2D eigenvalue weighted by atomic mass is 9.64. The molecular weight excluding hydrogens is 474 g/mol. The van der Waals surface area contributed by atoms with Crippen LogP contribution in [0.5, 0.6) is 0 Å². The number of benzene rings is 4. The molecule has 1 saturated heterocycles. The molecule has 1 fully saturated rings. The molecular formula is C35H32B2O2. The summed E-state index contributed by atoms with van der Waals surface area (Å²) in [6.07, 6.45) is 4.64. The highest BCUT2D eigenvalue weighted by Gasteiger charge is 2.53. The van der Waals surface area contributed by atoms with Crippen molar-refractivity contribution in [3.05, 3.63) is 117 Å². The Morgan fingerprint density at radius 3 is 1.62 bits per heavy atom. The second kappa shape index (κ2) is 7.77. The summed E-state index contributed by atoms with van der Waals surface area (Å²) in [7, 11) is 6.11. The van der Waals surface area contributed by atoms with Gasteiger partial charge >= 0.3 is 7.12 Å². The zero-order valence-corrected chi connectivity index (χ0v) is 23.2. The molecule has 2 radical (unpaired) electrons. The van der Waals surface area contributed by atoms with Gasteiger partial charge in [-0.05, 0) is 114 Å². The molecule has 2 nitrogen and oxygen atoms in total. The van der Waals surface area contributed by atoms with Gasteiger partial charge in [0.25, 0.3) is 0 Å². The van der Waals surface area contributed by atoms with E-state index in [0.29, 0.717) is 0 Å². The molecule has 0 saturated carbocycles. The molecule has 4 heteroatoms. The quantitative estimate of drug-likeness (QED) is 0.308. The first kappa shape index (κ1) is 23.8. The molecule has 1 aliphatic heterocycles. The van der Waals surface area contributed by atoms with Crippen molar-refractivity contribution in [1.82, 2.24) is 0 Å². The van der Waals surface area contributed by atoms with Crippen LogP contribution in [0.2, 0.25) is 0 Å². The van der Waals surface area contributed by atoms with E-state index in [1.807, 2.05) is 6.07 Å². The molecule has 190 valence electrons. The SMILES string of the molecule is [B]c1ccc2c(c1)C(c1ccc3c(c1)CC3)(c1ccc3c(c1)CC3)c1cc(B3OC(C)(C)C(C)(C)O3)ccc1-2. The van der Waals surface area contributed by atoms with Crippen LogP contribution in [0.15, 0.2) is 72.8 Å². The molecule has 39 heavy (non-hydrogen) atoms. The van der Waals surface area contributed by atoms with Crippen LogP contribution in [0.4, 0.5) is 0 Å². The minimum absolute atomic E-state index is 0.394. The zero-order valence-electron chi connectivity index (χ0n) is 23.2. The van der Waals surface area contributed by atoms with Crippen LogP contribution in [-0.2, 0) is 40.4 Å². The predicted molar refractivity (Wildman–Crippen MR) is 160 cm³/mol. The molecule has 0 N–H and O–H groups in total. The third-order valence-corrected chi connectivity index (χ3v) is 10.3. The van der Waals surface area contributed by atoms with Gasteiger partial charge in [-0.2, -0.15) is 0 Å². The molecule has 0 aromatic heterocycles. The number of hydrogen-bond acceptors (Lipinski definition) is 2. The summed E-state index contributed by atoms with van der Waals surface area (Å²) in [5.74, 6) is 0. The van der Waals surface area contributed by atoms with Crippen molar-refractivity contribution in [2.75, 3.05) is 0 Å². The Kier molecular flexibility index (Phi) is 4.74. The lowest BCUT2D eigenvalue weighted by Gasteiger charge is -2.37. The maximum absolute atomic E-state index is 6.53. The van der Waals surface area contributed by atoms with Crippen LogP contribution in [0, 0.1) is 0 Å². The first-order chi connectivity index (χ1) is 18.7. The summed E-state index contributed by atoms with van der Waals surface area (Å²) >= 11 is 0. The zero-order chi connectivity index (χ0) is 26.7. The van der Waals surface area contributed by atoms with Crippen LogP contribution >= 0.6 is 0 Å². The molecule has 1 heterocycles. The van der Waals surface area contributed by atoms with Gasteiger partial charge in [0, 0.05) is 0 Å². The lowest BCUT2D eigenvalue weighted by Crippen LogP contribution is -2.41. The average molecular weight is 506 g/mol. The van der Waals surface area contributed by atoms with Crippen LogP contribution in [-0.4, -0.2) is 26.2 Å². The second-order valence-corrected chi connectivity index (χ2v) is 12.9. The third kappa shape index (κ3) is 3.13. The smallest absolute Gasteiger partial charge is 0.399 e. The fraction of sp³-hybridized carbons (Fsp3) is 0.314. The molecule has 3 aliphatic carbocycles. The van der Waals surface area contributed by atoms with E-state index < -0.39 is 23.7 Å². The summed E-state index contributed by atoms with van der Waals surface area (Å²) in [5.41, 5.74) is 14.2. The Morgan fingerprint density at radius 2 is 1.10 bits per heavy atom. The van der Waals surface area contributed by atoms with E-state index in [1.54, 1.807) is 0 Å². The van der Waals surface area contributed by atoms with Crippen LogP contribution in [0.3, 0.4) is 0 Å². The Balaban J connectivity index is 1.42. The van der Waals surface area contributed by atoms with E-state index in [9.17, 15) is 0 Å². The minimum atomic E-state index is -0.463. The van der Waals surface area contributed by atoms with E-state index in [4.69, 9.17) is 17.2 Å². The van der Waals surface area contributed by atoms with Gasteiger partial charge in [-0.3, -0.25) is 0 Å². The number of hydrogen-bond donors (Lipinski definition) is 0. The van der Waals surface area contributed by atoms with Gasteiger partial charge in [-0.15, -0.1) is 0 Å². The maximum atomic E-state index is 6.53. The summed E-state index contributed by atoms with van der Waals surface area (Å²) in [6, 6.07) is 27.6. The molecule has 8 rings (SSSR count). The normalized spacial score (nSPS) is 20.4. The van der Waals surface area contributed by atoms with Gasteiger partial charge in [0.1, 0.15) is 7.85 Å². The first-order valence-electron chi connectivity index (χ1n) is 14.3. The van der Waals surface area contributed by atoms with Crippen LogP contribution in [0.1, 0.15) is 72.2 Å². The molecule has 4 aromatic rings. The van der Waals surface area contributed by atoms with Gasteiger partial charge in [-0.1, -0.05) is 78.3 Å². The van der Waals surface area contributed by atoms with Crippen molar-refractivity contribution in [3.63, 3.8) is 0 Å². The summed E-state index contributed by atoms with van der Waals surface area (Å²) in [4.78, 5) is 0. The second-order valence-electron chi connectivity index (χ2n) is 12.9. The van der Waals surface area contributed by atoms with Crippen molar-refractivity contribution < 1.29 is 9.31 Å². The fourth-order valence-electron chi connectivity index (χ4n) is 7.13. The Hall–Kier alpha value is -3.07. The predicted octanol–water partition coefficient (Wildman–Crippen LogP) is 5.34. The van der Waals surface area contributed by atoms with Crippen molar-refractivity contribution >= 4 is 25.9 Å². The molecule has 4 aromatic carbocycles. The third-order valence-electron chi connectivity index (χ3n) is 10.3. The van der Waals surface area contributed by atoms with Gasteiger partial charge in [-0.25, -0.2) is 0 Å². The van der Waals surface area contributed by atoms with Gasteiger partial charge in [0.05, 0.1) is 16.6 Å². The van der Waals surface area contributed by atoms with E-state index in [0.717, 1.165) is 23.8 Å². The highest BCUT2D eigenvalue weighted by molar-refractivity contribution is 6.62. The maximum Gasteiger partial charge on any atom is 0.494 e. The minimum Gasteiger partial charge on any atom is -0.399 e. The molecule has 0 bridgehead atoms. The highest BCUT2D eigenvalue weighted by atomic mass is 16.7. The van der Waals surface area contributed by atoms with Crippen LogP contribution in [0.25, 0.3) is 11.1 Å². The van der Waals surface area contributed by atoms with Crippen LogP contribution < -0.4 is 10.9 Å². The number of aryl methyl sites for hydroxylation is 4. The summed E-state index contributed by atoms with van der Waals surface area (Å²) in [5, 5.41) is 0. The highest BCUT2D eigenvalue weighted by Crippen LogP contribution is 2.56. The Labute approximate surface area is 233 Å². The Bertz CT molecular complexity index is 1630. The topological polar surface area (TPSA) is 18.5 Å². The molecule has 0 spiro atoms. The van der Waals surface area contributed by atoms with Crippen molar-refractivity contribution in [2.24, 2.45) is 0 Å². The van der Waals surface area contributed by atoms with Crippen molar-refractivity contribution in [2.45, 2.75) is 70.0 Å². The number of fused-ring (bicyclic) bond motifs is 5. The van der Waals surface area contributed by atoms with E-state index >= 15 is 0 Å². The average Bonchev–Trinajstić information content (AvgIpc) is 3.27. The standard InChI is InChI=1S/C35H32B2O2/c1-33(2)34(3,4)39-37(38-33)28-14-16-30-29-15-13-27(36)19-31(29)35(32(30)20-28,25-11-9-21-5-7-23(21)17-25)26-12-10-22-6-8-24(22)18-26/h9-20H,5-8H2,1-4H3. The van der Waals surface area contributed by atoms with E-state index in [1.165, 1.54) is 68.5 Å². The van der Waals surface area contributed by atoms with Gasteiger partial charge < -0.3 is 9.31 Å². The first-order valence-corrected chi connectivity index (χ1v) is 14.3. The van der Waals surface area contributed by atoms with Crippen molar-refractivity contribution in [1.29, 1.82) is 0 Å². The van der Waals surface area contributed by atoms with E-state index in [2.05, 4.69) is 94.4 Å². The lowest BCUT2D eigenvalue weighted by molar-refractivity contribution is 0.00578. The molecule has 0 atom stereocenters. The molecule has 0 amide bonds. The summed E-state index contributed by atoms with van der Waals surface area (Å²) < 4.78 is 13.1. The van der Waals surface area contributed by atoms with E-state index in [-0.39, 0.29) is 0 Å². The fourth-order valence-corrected chi connectivity index (χ4v) is 7.13. The monoisotopic (exact) mass is 506 g/mol.